The number of hydrogen-bond donors (Lipinski definition) is 0. The van der Waals surface area contributed by atoms with Gasteiger partial charge in [-0.05, 0) is 19.4 Å². The quantitative estimate of drug-likeness (QED) is 0.680. The molecule has 74 valence electrons. The van der Waals surface area contributed by atoms with Crippen molar-refractivity contribution in [3.63, 3.8) is 0 Å². The van der Waals surface area contributed by atoms with Crippen LogP contribution in [0.3, 0.4) is 0 Å². The third-order valence-corrected chi connectivity index (χ3v) is 2.65. The molecule has 0 unspecified atom stereocenters. The van der Waals surface area contributed by atoms with Crippen LogP contribution in [0.25, 0.3) is 0 Å². The number of hydrogen-bond acceptors (Lipinski definition) is 2. The normalized spacial score (nSPS) is 25.3. The standard InChI is InChI=1S/C12H14O2/c1-12(2)11(13)8-10(14-12)9-6-4-3-5-7-9/h3-7,10H,8H2,1-2H3/t10-/m0/s1. The summed E-state index contributed by atoms with van der Waals surface area (Å²) in [7, 11) is 0. The molecule has 0 N–H and O–H groups in total. The third kappa shape index (κ3) is 1.58. The highest BCUT2D eigenvalue weighted by Crippen LogP contribution is 2.36. The van der Waals surface area contributed by atoms with Crippen molar-refractivity contribution in [1.82, 2.24) is 0 Å². The molecule has 0 saturated carbocycles. The molecule has 0 amide bonds. The van der Waals surface area contributed by atoms with Crippen LogP contribution in [0.5, 0.6) is 0 Å². The van der Waals surface area contributed by atoms with Gasteiger partial charge in [-0.15, -0.1) is 0 Å². The first-order valence-corrected chi connectivity index (χ1v) is 4.86. The average molecular weight is 190 g/mol. The molecule has 0 aromatic heterocycles. The molecule has 0 radical (unpaired) electrons. The maximum atomic E-state index is 11.6. The summed E-state index contributed by atoms with van der Waals surface area (Å²) >= 11 is 0. The molecule has 1 atom stereocenters. The Morgan fingerprint density at radius 1 is 1.29 bits per heavy atom. The van der Waals surface area contributed by atoms with Crippen LogP contribution < -0.4 is 0 Å². The molecular formula is C12H14O2. The monoisotopic (exact) mass is 190 g/mol. The van der Waals surface area contributed by atoms with Crippen LogP contribution in [0, 0.1) is 0 Å². The molecular weight excluding hydrogens is 176 g/mol. The fraction of sp³-hybridized carbons (Fsp3) is 0.417. The van der Waals surface area contributed by atoms with Gasteiger partial charge in [0.2, 0.25) is 0 Å². The van der Waals surface area contributed by atoms with Gasteiger partial charge in [-0.25, -0.2) is 0 Å². The number of ether oxygens (including phenoxy) is 1. The number of carbonyl (C=O) groups is 1. The number of Topliss-reactive ketones (excluding diaryl/α,β-unsaturated/α-hetero) is 1. The van der Waals surface area contributed by atoms with Gasteiger partial charge in [0.15, 0.2) is 5.78 Å². The van der Waals surface area contributed by atoms with E-state index in [1.165, 1.54) is 0 Å². The van der Waals surface area contributed by atoms with Gasteiger partial charge in [-0.1, -0.05) is 30.3 Å². The number of benzene rings is 1. The summed E-state index contributed by atoms with van der Waals surface area (Å²) in [6.07, 6.45) is 0.440. The molecule has 2 nitrogen and oxygen atoms in total. The largest absolute Gasteiger partial charge is 0.359 e. The Bertz CT molecular complexity index is 341. The van der Waals surface area contributed by atoms with Crippen LogP contribution in [0.1, 0.15) is 31.9 Å². The van der Waals surface area contributed by atoms with Gasteiger partial charge in [-0.2, -0.15) is 0 Å². The summed E-state index contributed by atoms with van der Waals surface area (Å²) in [5.41, 5.74) is 0.479. The van der Waals surface area contributed by atoms with Gasteiger partial charge in [-0.3, -0.25) is 4.79 Å². The highest BCUT2D eigenvalue weighted by Gasteiger charge is 2.40. The molecule has 2 rings (SSSR count). The zero-order valence-electron chi connectivity index (χ0n) is 8.49. The lowest BCUT2D eigenvalue weighted by molar-refractivity contribution is -0.129. The topological polar surface area (TPSA) is 26.3 Å². The highest BCUT2D eigenvalue weighted by atomic mass is 16.5. The molecule has 0 bridgehead atoms. The van der Waals surface area contributed by atoms with Gasteiger partial charge in [0.1, 0.15) is 5.60 Å². The Hall–Kier alpha value is -1.15. The van der Waals surface area contributed by atoms with Crippen molar-refractivity contribution in [2.75, 3.05) is 0 Å². The summed E-state index contributed by atoms with van der Waals surface area (Å²) in [4.78, 5) is 11.6. The lowest BCUT2D eigenvalue weighted by Gasteiger charge is -2.17. The summed E-state index contributed by atoms with van der Waals surface area (Å²) in [6.45, 7) is 3.66. The van der Waals surface area contributed by atoms with E-state index in [1.807, 2.05) is 44.2 Å². The van der Waals surface area contributed by atoms with Crippen LogP contribution in [-0.2, 0) is 9.53 Å². The fourth-order valence-electron chi connectivity index (χ4n) is 1.73. The van der Waals surface area contributed by atoms with E-state index in [-0.39, 0.29) is 11.9 Å². The Labute approximate surface area is 83.9 Å². The smallest absolute Gasteiger partial charge is 0.167 e. The minimum Gasteiger partial charge on any atom is -0.359 e. The SMILES string of the molecule is CC1(C)O[C@H](c2ccccc2)CC1=O. The van der Waals surface area contributed by atoms with Crippen LogP contribution in [-0.4, -0.2) is 11.4 Å². The van der Waals surface area contributed by atoms with E-state index in [9.17, 15) is 4.79 Å². The van der Waals surface area contributed by atoms with Crippen LogP contribution in [0.2, 0.25) is 0 Å². The molecule has 1 aromatic carbocycles. The van der Waals surface area contributed by atoms with Crippen molar-refractivity contribution in [3.05, 3.63) is 35.9 Å². The van der Waals surface area contributed by atoms with Crippen molar-refractivity contribution in [3.8, 4) is 0 Å². The molecule has 1 aliphatic rings. The molecule has 1 fully saturated rings. The van der Waals surface area contributed by atoms with E-state index in [0.29, 0.717) is 6.42 Å². The second-order valence-electron chi connectivity index (χ2n) is 4.15. The second kappa shape index (κ2) is 3.21. The summed E-state index contributed by atoms with van der Waals surface area (Å²) < 4.78 is 5.70. The van der Waals surface area contributed by atoms with Crippen molar-refractivity contribution >= 4 is 5.78 Å². The molecule has 2 heteroatoms. The first-order chi connectivity index (χ1) is 6.59. The summed E-state index contributed by atoms with van der Waals surface area (Å²) in [5.74, 6) is 0.186. The van der Waals surface area contributed by atoms with E-state index in [4.69, 9.17) is 4.74 Å². The Kier molecular flexibility index (Phi) is 2.16. The average Bonchev–Trinajstić information content (AvgIpc) is 2.43. The van der Waals surface area contributed by atoms with Crippen molar-refractivity contribution in [1.29, 1.82) is 0 Å². The second-order valence-corrected chi connectivity index (χ2v) is 4.15. The van der Waals surface area contributed by atoms with E-state index < -0.39 is 5.60 Å². The molecule has 1 aliphatic heterocycles. The van der Waals surface area contributed by atoms with E-state index in [2.05, 4.69) is 0 Å². The van der Waals surface area contributed by atoms with Crippen LogP contribution >= 0.6 is 0 Å². The van der Waals surface area contributed by atoms with Crippen LogP contribution in [0.15, 0.2) is 30.3 Å². The number of carbonyl (C=O) groups excluding carboxylic acids is 1. The van der Waals surface area contributed by atoms with Crippen LogP contribution in [0.4, 0.5) is 0 Å². The molecule has 0 aliphatic carbocycles. The van der Waals surface area contributed by atoms with Crippen molar-refractivity contribution in [2.24, 2.45) is 0 Å². The predicted octanol–water partition coefficient (Wildman–Crippen LogP) is 2.50. The highest BCUT2D eigenvalue weighted by molar-refractivity contribution is 5.88. The maximum absolute atomic E-state index is 11.6. The minimum atomic E-state index is -0.611. The Morgan fingerprint density at radius 2 is 1.93 bits per heavy atom. The maximum Gasteiger partial charge on any atom is 0.167 e. The van der Waals surface area contributed by atoms with Gasteiger partial charge in [0.05, 0.1) is 6.10 Å². The Morgan fingerprint density at radius 3 is 2.43 bits per heavy atom. The zero-order chi connectivity index (χ0) is 10.2. The predicted molar refractivity (Wildman–Crippen MR) is 54.0 cm³/mol. The van der Waals surface area contributed by atoms with E-state index in [0.717, 1.165) is 5.56 Å². The molecule has 14 heavy (non-hydrogen) atoms. The minimum absolute atomic E-state index is 0.0568. The molecule has 1 aromatic rings. The van der Waals surface area contributed by atoms with Gasteiger partial charge in [0.25, 0.3) is 0 Å². The molecule has 1 saturated heterocycles. The zero-order valence-corrected chi connectivity index (χ0v) is 8.49. The lowest BCUT2D eigenvalue weighted by atomic mass is 10.0. The third-order valence-electron chi connectivity index (χ3n) is 2.65. The van der Waals surface area contributed by atoms with E-state index >= 15 is 0 Å². The van der Waals surface area contributed by atoms with Gasteiger partial charge < -0.3 is 4.74 Å². The summed E-state index contributed by atoms with van der Waals surface area (Å²) in [5, 5.41) is 0. The first-order valence-electron chi connectivity index (χ1n) is 4.86. The van der Waals surface area contributed by atoms with Gasteiger partial charge >= 0.3 is 0 Å². The lowest BCUT2D eigenvalue weighted by Crippen LogP contribution is -2.26. The summed E-state index contributed by atoms with van der Waals surface area (Å²) in [6, 6.07) is 9.90. The van der Waals surface area contributed by atoms with Crippen molar-refractivity contribution < 1.29 is 9.53 Å². The van der Waals surface area contributed by atoms with Crippen molar-refractivity contribution in [2.45, 2.75) is 32.0 Å². The molecule has 1 heterocycles. The first kappa shape index (κ1) is 9.41. The fourth-order valence-corrected chi connectivity index (χ4v) is 1.73. The number of rotatable bonds is 1. The van der Waals surface area contributed by atoms with E-state index in [1.54, 1.807) is 0 Å². The number of ketones is 1. The van der Waals surface area contributed by atoms with Gasteiger partial charge in [0, 0.05) is 6.42 Å². The Balaban J connectivity index is 2.21. The molecule has 0 spiro atoms.